The van der Waals surface area contributed by atoms with Crippen LogP contribution in [0.4, 0.5) is 0 Å². The Balaban J connectivity index is 0.00000225. The number of allylic oxidation sites excluding steroid dienone is 5. The average Bonchev–Trinajstić information content (AvgIpc) is 2.02. The summed E-state index contributed by atoms with van der Waals surface area (Å²) in [7, 11) is 0. The Morgan fingerprint density at radius 3 is 1.31 bits per heavy atom. The Bertz CT molecular complexity index is 2560. The van der Waals surface area contributed by atoms with Crippen molar-refractivity contribution >= 4 is 54.4 Å². The fourth-order valence-electron chi connectivity index (χ4n) is 6.51. The van der Waals surface area contributed by atoms with Gasteiger partial charge in [-0.05, 0) is 81.7 Å². The number of hydrogen-bond acceptors (Lipinski definition) is 24. The molecule has 0 fully saturated rings. The van der Waals surface area contributed by atoms with E-state index >= 15 is 0 Å². The fraction of sp³-hybridized carbons (Fsp3) is 0.476. The number of carbonyl (C=O) groups excluding carboxylic acids is 9. The lowest BCUT2D eigenvalue weighted by Crippen LogP contribution is -2.27. The number of esters is 7. The molecule has 0 aromatic heterocycles. The van der Waals surface area contributed by atoms with Gasteiger partial charge in [-0.1, -0.05) is 75.6 Å². The van der Waals surface area contributed by atoms with Crippen molar-refractivity contribution in [2.75, 3.05) is 79.3 Å². The van der Waals surface area contributed by atoms with Crippen molar-refractivity contribution in [1.29, 1.82) is 0 Å². The number of aliphatic hydroxyl groups is 5. The van der Waals surface area contributed by atoms with Gasteiger partial charge < -0.3 is 82.5 Å². The minimum absolute atomic E-state index is 0.00147. The van der Waals surface area contributed by atoms with Gasteiger partial charge in [0.2, 0.25) is 0 Å². The number of benzene rings is 2. The van der Waals surface area contributed by atoms with Crippen LogP contribution in [0.15, 0.2) is 121 Å². The van der Waals surface area contributed by atoms with Gasteiger partial charge in [0.15, 0.2) is 0 Å². The van der Waals surface area contributed by atoms with E-state index < -0.39 is 72.1 Å². The van der Waals surface area contributed by atoms with Gasteiger partial charge in [0.25, 0.3) is 0 Å². The van der Waals surface area contributed by atoms with E-state index in [1.165, 1.54) is 13.8 Å². The molecule has 4 atom stereocenters. The molecular formula is C63H86O24. The van der Waals surface area contributed by atoms with E-state index in [9.17, 15) is 58.5 Å². The molecule has 4 unspecified atom stereocenters. The highest BCUT2D eigenvalue weighted by atomic mass is 16.6. The molecule has 1 aliphatic rings. The Kier molecular flexibility index (Phi) is 42.5. The topological polar surface area (TPSA) is 347 Å². The molecule has 24 heteroatoms. The van der Waals surface area contributed by atoms with Gasteiger partial charge in [0, 0.05) is 48.0 Å². The lowest BCUT2D eigenvalue weighted by atomic mass is 9.69. The molecule has 0 spiro atoms. The number of aliphatic hydroxyl groups excluding tert-OH is 5. The predicted molar refractivity (Wildman–Crippen MR) is 315 cm³/mol. The van der Waals surface area contributed by atoms with Crippen molar-refractivity contribution in [3.63, 3.8) is 0 Å². The third kappa shape index (κ3) is 35.7. The van der Waals surface area contributed by atoms with Crippen molar-refractivity contribution in [2.24, 2.45) is 0 Å². The maximum Gasteiger partial charge on any atom is 0.333 e. The van der Waals surface area contributed by atoms with E-state index in [1.54, 1.807) is 43.3 Å². The number of carbonyl (C=O) groups is 9. The molecule has 24 nitrogen and oxygen atoms in total. The summed E-state index contributed by atoms with van der Waals surface area (Å²) in [6.45, 7) is 19.4. The van der Waals surface area contributed by atoms with Crippen LogP contribution in [-0.4, -0.2) is 177 Å². The minimum Gasteiger partial charge on any atom is -0.491 e. The molecule has 0 bridgehead atoms. The highest BCUT2D eigenvalue weighted by Crippen LogP contribution is 2.42. The first-order valence-corrected chi connectivity index (χ1v) is 27.9. The van der Waals surface area contributed by atoms with Crippen LogP contribution in [-0.2, 0) is 86.5 Å². The summed E-state index contributed by atoms with van der Waals surface area (Å²) < 4.78 is 51.0. The third-order valence-electron chi connectivity index (χ3n) is 11.2. The lowest BCUT2D eigenvalue weighted by Gasteiger charge is -2.34. The Morgan fingerprint density at radius 1 is 0.517 bits per heavy atom. The highest BCUT2D eigenvalue weighted by molar-refractivity contribution is 5.87. The summed E-state index contributed by atoms with van der Waals surface area (Å²) >= 11 is 0. The standard InChI is InChI=1S/C44H54O16.C10H14O5.C7H12O3.C2H6/c1-30(2)43(53)55-23-22-54-41(51)19-20-42(52)60-29-35(48)26-57-37-7-4-6-31(9-14-37)44(3,32-10-15-38(16-11-32)56-25-34(47)24-46)33-12-17-39(18-13-33)58-27-36(49)28-59-40(50)8-5-21-45;1-8(2)10(13)15-7-6-14-9(12)4-3-5-11;1-6(2)7(9)10-5-3-4-8;1-2/h4,7,9-18,21,34-36,46-49H,1,5-6,8,19-20,22-29H2,2-3H3;5H,1,3-4,6-7H2,2H3;8H,1,3-5H2,2H3;1-2H3. The minimum atomic E-state index is -1.17. The molecule has 1 aliphatic carbocycles. The van der Waals surface area contributed by atoms with E-state index in [0.29, 0.717) is 53.8 Å². The zero-order chi connectivity index (χ0) is 65.6. The van der Waals surface area contributed by atoms with Crippen molar-refractivity contribution in [3.05, 3.63) is 132 Å². The zero-order valence-corrected chi connectivity index (χ0v) is 50.6. The Hall–Kier alpha value is -8.29. The van der Waals surface area contributed by atoms with Gasteiger partial charge in [-0.15, -0.1) is 0 Å². The predicted octanol–water partition coefficient (Wildman–Crippen LogP) is 5.26. The van der Waals surface area contributed by atoms with E-state index in [2.05, 4.69) is 40.9 Å². The maximum absolute atomic E-state index is 12.1. The molecule has 0 amide bonds. The highest BCUT2D eigenvalue weighted by Gasteiger charge is 2.33. The van der Waals surface area contributed by atoms with E-state index in [1.807, 2.05) is 50.3 Å². The normalized spacial score (nSPS) is 12.8. The first-order chi connectivity index (χ1) is 41.5. The summed E-state index contributed by atoms with van der Waals surface area (Å²) in [6.07, 6.45) is 5.97. The van der Waals surface area contributed by atoms with Gasteiger partial charge in [-0.25, -0.2) is 14.4 Å². The molecule has 2 aromatic carbocycles. The summed E-state index contributed by atoms with van der Waals surface area (Å²) in [6, 6.07) is 14.7. The van der Waals surface area contributed by atoms with Gasteiger partial charge in [0.1, 0.15) is 108 Å². The Morgan fingerprint density at radius 2 is 0.897 bits per heavy atom. The van der Waals surface area contributed by atoms with Crippen LogP contribution in [0, 0.1) is 0 Å². The molecule has 0 saturated heterocycles. The monoisotopic (exact) mass is 1230 g/mol. The van der Waals surface area contributed by atoms with Crippen LogP contribution >= 0.6 is 0 Å². The number of aldehydes is 2. The molecule has 3 rings (SSSR count). The lowest BCUT2D eigenvalue weighted by molar-refractivity contribution is -0.154. The van der Waals surface area contributed by atoms with E-state index in [-0.39, 0.29) is 117 Å². The SMILES string of the molecule is C=C(C)C(=O)OCCCO.C=C(C)C(=O)OCCOC(=O)CCC(=O)OCC(O)COC1=CC=C(C(C)(c2ccc(OCC(O)CO)cc2)c2ccc(OCC(O)COC(=O)CCC=O)cc2)CC=C1.C=C(C)C(=O)OCCOC(=O)CCC=O.CC. The molecule has 87 heavy (non-hydrogen) atoms. The fourth-order valence-corrected chi connectivity index (χ4v) is 6.51. The summed E-state index contributed by atoms with van der Waals surface area (Å²) in [5.41, 5.74) is 2.90. The molecule has 5 N–H and O–H groups in total. The number of rotatable bonds is 38. The molecule has 2 aromatic rings. The summed E-state index contributed by atoms with van der Waals surface area (Å²) in [4.78, 5) is 99.7. The van der Waals surface area contributed by atoms with Gasteiger partial charge in [-0.2, -0.15) is 0 Å². The van der Waals surface area contributed by atoms with E-state index in [4.69, 9.17) is 43.4 Å². The molecular weight excluding hydrogens is 1140 g/mol. The van der Waals surface area contributed by atoms with Gasteiger partial charge in [-0.3, -0.25) is 19.2 Å². The second-order valence-electron chi connectivity index (χ2n) is 18.7. The van der Waals surface area contributed by atoms with Crippen LogP contribution in [0.5, 0.6) is 11.5 Å². The molecule has 0 saturated carbocycles. The molecule has 0 heterocycles. The van der Waals surface area contributed by atoms with Crippen LogP contribution in [0.1, 0.15) is 104 Å². The first-order valence-electron chi connectivity index (χ1n) is 27.9. The van der Waals surface area contributed by atoms with Crippen molar-refractivity contribution in [1.82, 2.24) is 0 Å². The maximum atomic E-state index is 12.1. The van der Waals surface area contributed by atoms with Gasteiger partial charge in [0.05, 0.1) is 38.9 Å². The van der Waals surface area contributed by atoms with Crippen molar-refractivity contribution in [3.8, 4) is 11.5 Å². The third-order valence-corrected chi connectivity index (χ3v) is 11.2. The largest absolute Gasteiger partial charge is 0.491 e. The summed E-state index contributed by atoms with van der Waals surface area (Å²) in [5, 5.41) is 47.9. The van der Waals surface area contributed by atoms with Crippen LogP contribution in [0.2, 0.25) is 0 Å². The number of ether oxygens (including phenoxy) is 10. The second kappa shape index (κ2) is 46.9. The Labute approximate surface area is 508 Å². The smallest absolute Gasteiger partial charge is 0.333 e. The van der Waals surface area contributed by atoms with Crippen LogP contribution in [0.3, 0.4) is 0 Å². The molecule has 482 valence electrons. The summed E-state index contributed by atoms with van der Waals surface area (Å²) in [5.74, 6) is -2.57. The average molecular weight is 1230 g/mol. The van der Waals surface area contributed by atoms with Crippen molar-refractivity contribution < 1.29 is 116 Å². The van der Waals surface area contributed by atoms with Crippen LogP contribution < -0.4 is 9.47 Å². The van der Waals surface area contributed by atoms with E-state index in [0.717, 1.165) is 16.7 Å². The second-order valence-corrected chi connectivity index (χ2v) is 18.7. The van der Waals surface area contributed by atoms with Crippen LogP contribution in [0.25, 0.3) is 0 Å². The molecule has 0 radical (unpaired) electrons. The zero-order valence-electron chi connectivity index (χ0n) is 50.6. The first kappa shape index (κ1) is 78.7. The van der Waals surface area contributed by atoms with Crippen molar-refractivity contribution in [2.45, 2.75) is 117 Å². The number of hydrogen-bond donors (Lipinski definition) is 5. The van der Waals surface area contributed by atoms with Gasteiger partial charge >= 0.3 is 41.8 Å². The quantitative estimate of drug-likeness (QED) is 0.0188. The molecule has 0 aliphatic heterocycles.